The molecule has 12 atom stereocenters. The molecule has 0 unspecified atom stereocenters. The van der Waals surface area contributed by atoms with Crippen molar-refractivity contribution in [3.8, 4) is 0 Å². The quantitative estimate of drug-likeness (QED) is 0.543. The van der Waals surface area contributed by atoms with E-state index in [1.165, 1.54) is 44.9 Å². The molecule has 6 fully saturated rings. The second-order valence-corrected chi connectivity index (χ2v) is 13.2. The van der Waals surface area contributed by atoms with Crippen molar-refractivity contribution in [1.29, 1.82) is 0 Å². The van der Waals surface area contributed by atoms with Gasteiger partial charge in [-0.05, 0) is 104 Å². The van der Waals surface area contributed by atoms with Gasteiger partial charge in [0.15, 0.2) is 5.79 Å². The summed E-state index contributed by atoms with van der Waals surface area (Å²) >= 11 is 0. The molecule has 2 saturated heterocycles. The number of hydrogen-bond acceptors (Lipinski definition) is 3. The van der Waals surface area contributed by atoms with Crippen molar-refractivity contribution >= 4 is 0 Å². The maximum absolute atomic E-state index is 10.3. The second-order valence-electron chi connectivity index (χ2n) is 13.2. The summed E-state index contributed by atoms with van der Waals surface area (Å²) in [5.74, 6) is 4.95. The zero-order valence-electron chi connectivity index (χ0n) is 19.7. The third-order valence-corrected chi connectivity index (χ3v) is 11.8. The van der Waals surface area contributed by atoms with Crippen LogP contribution in [-0.4, -0.2) is 29.7 Å². The van der Waals surface area contributed by atoms with Crippen LogP contribution in [0.3, 0.4) is 0 Å². The topological polar surface area (TPSA) is 38.7 Å². The maximum atomic E-state index is 10.3. The summed E-state index contributed by atoms with van der Waals surface area (Å²) in [6.45, 7) is 10.8. The summed E-state index contributed by atoms with van der Waals surface area (Å²) in [5.41, 5.74) is 0.916. The normalized spacial score (nSPS) is 62.5. The van der Waals surface area contributed by atoms with Gasteiger partial charge in [0.25, 0.3) is 0 Å². The average molecular weight is 417 g/mol. The van der Waals surface area contributed by atoms with Gasteiger partial charge >= 0.3 is 0 Å². The van der Waals surface area contributed by atoms with E-state index < -0.39 is 0 Å². The highest BCUT2D eigenvalue weighted by molar-refractivity contribution is 5.14. The molecule has 0 aromatic heterocycles. The summed E-state index contributed by atoms with van der Waals surface area (Å²) < 4.78 is 13.4. The maximum Gasteiger partial charge on any atom is 0.171 e. The van der Waals surface area contributed by atoms with E-state index >= 15 is 0 Å². The first-order chi connectivity index (χ1) is 14.3. The molecule has 6 aliphatic rings. The van der Waals surface area contributed by atoms with Crippen LogP contribution >= 0.6 is 0 Å². The highest BCUT2D eigenvalue weighted by Crippen LogP contribution is 2.70. The van der Waals surface area contributed by atoms with Gasteiger partial charge in [-0.3, -0.25) is 0 Å². The third-order valence-electron chi connectivity index (χ3n) is 11.8. The van der Waals surface area contributed by atoms with E-state index in [0.717, 1.165) is 49.5 Å². The van der Waals surface area contributed by atoms with Crippen LogP contribution in [0.1, 0.15) is 91.9 Å². The Morgan fingerprint density at radius 1 is 0.833 bits per heavy atom. The van der Waals surface area contributed by atoms with E-state index in [4.69, 9.17) is 9.47 Å². The van der Waals surface area contributed by atoms with Gasteiger partial charge in [-0.25, -0.2) is 0 Å². The van der Waals surface area contributed by atoms with E-state index in [1.54, 1.807) is 0 Å². The molecule has 1 spiro atoms. The Morgan fingerprint density at radius 3 is 2.43 bits per heavy atom. The lowest BCUT2D eigenvalue weighted by molar-refractivity contribution is -0.282. The number of rotatable bonds is 0. The van der Waals surface area contributed by atoms with Gasteiger partial charge in [0.2, 0.25) is 0 Å². The van der Waals surface area contributed by atoms with E-state index in [9.17, 15) is 5.11 Å². The number of fused-ring (bicyclic) bond motifs is 7. The van der Waals surface area contributed by atoms with Crippen LogP contribution in [0.2, 0.25) is 0 Å². The Bertz CT molecular complexity index is 694. The molecule has 170 valence electrons. The monoisotopic (exact) mass is 416 g/mol. The number of aliphatic hydroxyl groups is 1. The standard InChI is InChI=1S/C27H44O3/c1-16-11-17(2)27(29-15-16)14-23-24(30-27)13-22-20-6-5-18-12-19(28)7-9-25(18,3)21(20)8-10-26(22,23)4/h16-24,28H,5-15H2,1-4H3/t16-,17+,18-,19+,20+,21-,22-,23-,24-,25+,26+,27-/m0/s1. The molecule has 0 radical (unpaired) electrons. The van der Waals surface area contributed by atoms with Gasteiger partial charge < -0.3 is 14.6 Å². The molecule has 0 aromatic carbocycles. The molecule has 4 aliphatic carbocycles. The predicted molar refractivity (Wildman–Crippen MR) is 118 cm³/mol. The fourth-order valence-corrected chi connectivity index (χ4v) is 10.1. The zero-order valence-corrected chi connectivity index (χ0v) is 19.7. The average Bonchev–Trinajstić information content (AvgIpc) is 3.20. The number of aliphatic hydroxyl groups excluding tert-OH is 1. The largest absolute Gasteiger partial charge is 0.393 e. The minimum absolute atomic E-state index is 0.0379. The minimum Gasteiger partial charge on any atom is -0.393 e. The lowest BCUT2D eigenvalue weighted by Gasteiger charge is -2.61. The molecule has 30 heavy (non-hydrogen) atoms. The molecule has 3 heteroatoms. The first-order valence-electron chi connectivity index (χ1n) is 13.2. The van der Waals surface area contributed by atoms with Crippen molar-refractivity contribution in [2.45, 2.75) is 110 Å². The lowest BCUT2D eigenvalue weighted by atomic mass is 9.44. The Labute approximate surface area is 183 Å². The zero-order chi connectivity index (χ0) is 20.9. The van der Waals surface area contributed by atoms with Crippen molar-refractivity contribution in [2.24, 2.45) is 52.3 Å². The predicted octanol–water partition coefficient (Wildman–Crippen LogP) is 5.79. The summed E-state index contributed by atoms with van der Waals surface area (Å²) in [7, 11) is 0. The van der Waals surface area contributed by atoms with Crippen LogP contribution in [0.25, 0.3) is 0 Å². The van der Waals surface area contributed by atoms with Crippen LogP contribution in [0, 0.1) is 52.3 Å². The van der Waals surface area contributed by atoms with Gasteiger partial charge in [-0.1, -0.05) is 27.7 Å². The SMILES string of the molecule is C[C@@H]1CO[C@]2(C[C@H]3[C@H](C[C@H]4[C@@H]5CC[C@H]6C[C@H](O)CC[C@@]6(C)[C@H]5CC[C@]43C)O2)[C@H](C)C1. The van der Waals surface area contributed by atoms with Gasteiger partial charge in [0.1, 0.15) is 0 Å². The van der Waals surface area contributed by atoms with Crippen molar-refractivity contribution in [3.63, 3.8) is 0 Å². The van der Waals surface area contributed by atoms with Crippen molar-refractivity contribution in [2.75, 3.05) is 6.61 Å². The fraction of sp³-hybridized carbons (Fsp3) is 1.00. The Hall–Kier alpha value is -0.120. The summed E-state index contributed by atoms with van der Waals surface area (Å²) in [5, 5.41) is 10.3. The molecule has 2 heterocycles. The van der Waals surface area contributed by atoms with Crippen LogP contribution in [0.4, 0.5) is 0 Å². The van der Waals surface area contributed by atoms with E-state index in [2.05, 4.69) is 27.7 Å². The first kappa shape index (κ1) is 20.5. The van der Waals surface area contributed by atoms with Crippen LogP contribution < -0.4 is 0 Å². The molecular formula is C27H44O3. The lowest BCUT2D eigenvalue weighted by Crippen LogP contribution is -2.54. The van der Waals surface area contributed by atoms with E-state index in [-0.39, 0.29) is 11.9 Å². The molecule has 0 amide bonds. The van der Waals surface area contributed by atoms with Gasteiger partial charge in [0, 0.05) is 12.3 Å². The molecule has 0 bridgehead atoms. The molecule has 2 aliphatic heterocycles. The van der Waals surface area contributed by atoms with Gasteiger partial charge in [-0.15, -0.1) is 0 Å². The summed E-state index contributed by atoms with van der Waals surface area (Å²) in [6, 6.07) is 0. The van der Waals surface area contributed by atoms with Crippen molar-refractivity contribution < 1.29 is 14.6 Å². The van der Waals surface area contributed by atoms with Crippen molar-refractivity contribution in [3.05, 3.63) is 0 Å². The summed E-state index contributed by atoms with van der Waals surface area (Å²) in [4.78, 5) is 0. The van der Waals surface area contributed by atoms with Crippen LogP contribution in [0.5, 0.6) is 0 Å². The number of ether oxygens (including phenoxy) is 2. The van der Waals surface area contributed by atoms with Crippen LogP contribution in [0.15, 0.2) is 0 Å². The molecule has 4 saturated carbocycles. The van der Waals surface area contributed by atoms with E-state index in [0.29, 0.717) is 34.7 Å². The smallest absolute Gasteiger partial charge is 0.171 e. The second kappa shape index (κ2) is 6.70. The Kier molecular flexibility index (Phi) is 4.58. The third kappa shape index (κ3) is 2.67. The molecule has 3 nitrogen and oxygen atoms in total. The fourth-order valence-electron chi connectivity index (χ4n) is 10.1. The Balaban J connectivity index is 1.24. The van der Waals surface area contributed by atoms with Gasteiger partial charge in [0.05, 0.1) is 18.8 Å². The molecule has 0 aromatic rings. The number of hydrogen-bond donors (Lipinski definition) is 1. The first-order valence-corrected chi connectivity index (χ1v) is 13.2. The van der Waals surface area contributed by atoms with Gasteiger partial charge in [-0.2, -0.15) is 0 Å². The van der Waals surface area contributed by atoms with E-state index in [1.807, 2.05) is 0 Å². The highest BCUT2D eigenvalue weighted by atomic mass is 16.7. The minimum atomic E-state index is -0.282. The highest BCUT2D eigenvalue weighted by Gasteiger charge is 2.67. The van der Waals surface area contributed by atoms with Crippen molar-refractivity contribution in [1.82, 2.24) is 0 Å². The molecule has 6 rings (SSSR count). The van der Waals surface area contributed by atoms with Crippen LogP contribution in [-0.2, 0) is 9.47 Å². The summed E-state index contributed by atoms with van der Waals surface area (Å²) in [6.07, 6.45) is 12.9. The molecular weight excluding hydrogens is 372 g/mol. The Morgan fingerprint density at radius 2 is 1.63 bits per heavy atom. The molecule has 1 N–H and O–H groups in total.